The Balaban J connectivity index is 2.21. The zero-order valence-electron chi connectivity index (χ0n) is 9.61. The van der Waals surface area contributed by atoms with Crippen LogP contribution in [-0.4, -0.2) is 5.78 Å². The van der Waals surface area contributed by atoms with E-state index in [0.717, 1.165) is 16.7 Å². The van der Waals surface area contributed by atoms with Crippen LogP contribution in [0.15, 0.2) is 48.5 Å². The number of rotatable bonds is 3. The summed E-state index contributed by atoms with van der Waals surface area (Å²) in [5.41, 5.74) is 2.71. The fourth-order valence-electron chi connectivity index (χ4n) is 1.82. The van der Waals surface area contributed by atoms with Crippen molar-refractivity contribution in [3.63, 3.8) is 0 Å². The van der Waals surface area contributed by atoms with Crippen molar-refractivity contribution in [2.24, 2.45) is 0 Å². The third kappa shape index (κ3) is 2.95. The fourth-order valence-corrected chi connectivity index (χ4v) is 2.04. The highest BCUT2D eigenvalue weighted by Crippen LogP contribution is 2.17. The highest BCUT2D eigenvalue weighted by atomic mass is 35.5. The van der Waals surface area contributed by atoms with E-state index < -0.39 is 0 Å². The minimum Gasteiger partial charge on any atom is -0.294 e. The van der Waals surface area contributed by atoms with E-state index in [9.17, 15) is 4.79 Å². The molecule has 2 heteroatoms. The van der Waals surface area contributed by atoms with Gasteiger partial charge in [-0.1, -0.05) is 41.9 Å². The number of carbonyl (C=O) groups excluding carboxylic acids is 1. The van der Waals surface area contributed by atoms with Crippen LogP contribution < -0.4 is 0 Å². The summed E-state index contributed by atoms with van der Waals surface area (Å²) in [6, 6.07) is 15.1. The first kappa shape index (κ1) is 11.9. The molecule has 0 unspecified atom stereocenters. The molecule has 0 aliphatic heterocycles. The van der Waals surface area contributed by atoms with E-state index in [1.165, 1.54) is 0 Å². The Labute approximate surface area is 106 Å². The SMILES string of the molecule is Cc1cc(Cl)ccc1C(=O)Cc1ccccc1. The van der Waals surface area contributed by atoms with Gasteiger partial charge in [-0.25, -0.2) is 0 Å². The summed E-state index contributed by atoms with van der Waals surface area (Å²) in [5.74, 6) is 0.130. The lowest BCUT2D eigenvalue weighted by Crippen LogP contribution is -2.05. The summed E-state index contributed by atoms with van der Waals surface area (Å²) in [4.78, 5) is 12.1. The average molecular weight is 245 g/mol. The largest absolute Gasteiger partial charge is 0.294 e. The van der Waals surface area contributed by atoms with Gasteiger partial charge in [0.25, 0.3) is 0 Å². The molecule has 2 aromatic rings. The molecule has 0 aromatic heterocycles. The fraction of sp³-hybridized carbons (Fsp3) is 0.133. The first-order valence-electron chi connectivity index (χ1n) is 5.50. The average Bonchev–Trinajstić information content (AvgIpc) is 2.30. The monoisotopic (exact) mass is 244 g/mol. The molecule has 0 aliphatic carbocycles. The van der Waals surface area contributed by atoms with Crippen LogP contribution in [0.5, 0.6) is 0 Å². The molecule has 0 heterocycles. The molecule has 17 heavy (non-hydrogen) atoms. The molecule has 0 amide bonds. The topological polar surface area (TPSA) is 17.1 Å². The van der Waals surface area contributed by atoms with Crippen LogP contribution >= 0.6 is 11.6 Å². The quantitative estimate of drug-likeness (QED) is 0.744. The summed E-state index contributed by atoms with van der Waals surface area (Å²) < 4.78 is 0. The molecule has 0 spiro atoms. The smallest absolute Gasteiger partial charge is 0.167 e. The van der Waals surface area contributed by atoms with Gasteiger partial charge in [0.2, 0.25) is 0 Å². The van der Waals surface area contributed by atoms with Crippen molar-refractivity contribution in [2.75, 3.05) is 0 Å². The van der Waals surface area contributed by atoms with Crippen LogP contribution in [0, 0.1) is 6.92 Å². The molecule has 1 nitrogen and oxygen atoms in total. The minimum absolute atomic E-state index is 0.130. The van der Waals surface area contributed by atoms with Crippen molar-refractivity contribution in [1.29, 1.82) is 0 Å². The Morgan fingerprint density at radius 3 is 2.47 bits per heavy atom. The molecule has 0 saturated heterocycles. The Bertz CT molecular complexity index is 532. The van der Waals surface area contributed by atoms with E-state index >= 15 is 0 Å². The minimum atomic E-state index is 0.130. The zero-order valence-corrected chi connectivity index (χ0v) is 10.4. The maximum atomic E-state index is 12.1. The van der Waals surface area contributed by atoms with Crippen LogP contribution in [-0.2, 0) is 6.42 Å². The van der Waals surface area contributed by atoms with Crippen molar-refractivity contribution in [1.82, 2.24) is 0 Å². The van der Waals surface area contributed by atoms with Gasteiger partial charge >= 0.3 is 0 Å². The highest BCUT2D eigenvalue weighted by molar-refractivity contribution is 6.30. The number of halogens is 1. The van der Waals surface area contributed by atoms with E-state index in [1.807, 2.05) is 43.3 Å². The van der Waals surface area contributed by atoms with Crippen molar-refractivity contribution in [3.05, 3.63) is 70.2 Å². The first-order valence-corrected chi connectivity index (χ1v) is 5.88. The molecule has 0 bridgehead atoms. The van der Waals surface area contributed by atoms with Crippen LogP contribution in [0.25, 0.3) is 0 Å². The Morgan fingerprint density at radius 2 is 1.82 bits per heavy atom. The van der Waals surface area contributed by atoms with E-state index in [4.69, 9.17) is 11.6 Å². The lowest BCUT2D eigenvalue weighted by molar-refractivity contribution is 0.0992. The highest BCUT2D eigenvalue weighted by Gasteiger charge is 2.09. The number of Topliss-reactive ketones (excluding diaryl/α,β-unsaturated/α-hetero) is 1. The molecule has 0 radical (unpaired) electrons. The van der Waals surface area contributed by atoms with Gasteiger partial charge in [0.1, 0.15) is 0 Å². The van der Waals surface area contributed by atoms with Crippen LogP contribution in [0.4, 0.5) is 0 Å². The molecule has 0 N–H and O–H groups in total. The maximum absolute atomic E-state index is 12.1. The van der Waals surface area contributed by atoms with Gasteiger partial charge in [-0.2, -0.15) is 0 Å². The second-order valence-corrected chi connectivity index (χ2v) is 4.48. The molecular formula is C15H13ClO. The predicted octanol–water partition coefficient (Wildman–Crippen LogP) is 4.07. The van der Waals surface area contributed by atoms with E-state index in [2.05, 4.69) is 0 Å². The number of carbonyl (C=O) groups is 1. The Morgan fingerprint density at radius 1 is 1.12 bits per heavy atom. The first-order chi connectivity index (χ1) is 8.16. The summed E-state index contributed by atoms with van der Waals surface area (Å²) in [6.45, 7) is 1.91. The molecule has 0 aliphatic rings. The molecular weight excluding hydrogens is 232 g/mol. The summed E-state index contributed by atoms with van der Waals surface area (Å²) in [7, 11) is 0. The third-order valence-electron chi connectivity index (χ3n) is 2.70. The summed E-state index contributed by atoms with van der Waals surface area (Å²) in [6.07, 6.45) is 0.434. The predicted molar refractivity (Wildman–Crippen MR) is 70.7 cm³/mol. The van der Waals surface area contributed by atoms with Crippen molar-refractivity contribution >= 4 is 17.4 Å². The van der Waals surface area contributed by atoms with E-state index in [0.29, 0.717) is 11.4 Å². The number of hydrogen-bond donors (Lipinski definition) is 0. The van der Waals surface area contributed by atoms with Gasteiger partial charge in [-0.15, -0.1) is 0 Å². The maximum Gasteiger partial charge on any atom is 0.167 e. The second kappa shape index (κ2) is 5.15. The Kier molecular flexibility index (Phi) is 3.60. The van der Waals surface area contributed by atoms with Gasteiger partial charge < -0.3 is 0 Å². The number of ketones is 1. The van der Waals surface area contributed by atoms with Crippen molar-refractivity contribution < 1.29 is 4.79 Å². The number of aryl methyl sites for hydroxylation is 1. The van der Waals surface area contributed by atoms with Gasteiger partial charge in [-0.3, -0.25) is 4.79 Å². The van der Waals surface area contributed by atoms with Crippen molar-refractivity contribution in [3.8, 4) is 0 Å². The van der Waals surface area contributed by atoms with E-state index in [-0.39, 0.29) is 5.78 Å². The van der Waals surface area contributed by atoms with Gasteiger partial charge in [0.15, 0.2) is 5.78 Å². The standard InChI is InChI=1S/C15H13ClO/c1-11-9-13(16)7-8-14(11)15(17)10-12-5-3-2-4-6-12/h2-9H,10H2,1H3. The van der Waals surface area contributed by atoms with Gasteiger partial charge in [-0.05, 0) is 36.2 Å². The number of hydrogen-bond acceptors (Lipinski definition) is 1. The summed E-state index contributed by atoms with van der Waals surface area (Å²) in [5, 5.41) is 0.666. The number of benzene rings is 2. The van der Waals surface area contributed by atoms with Crippen molar-refractivity contribution in [2.45, 2.75) is 13.3 Å². The molecule has 0 atom stereocenters. The lowest BCUT2D eigenvalue weighted by Gasteiger charge is -2.05. The Hall–Kier alpha value is -1.60. The van der Waals surface area contributed by atoms with Crippen LogP contribution in [0.2, 0.25) is 5.02 Å². The van der Waals surface area contributed by atoms with Gasteiger partial charge in [0.05, 0.1) is 0 Å². The summed E-state index contributed by atoms with van der Waals surface area (Å²) >= 11 is 5.87. The molecule has 0 fully saturated rings. The third-order valence-corrected chi connectivity index (χ3v) is 2.93. The normalized spacial score (nSPS) is 10.2. The molecule has 2 rings (SSSR count). The zero-order chi connectivity index (χ0) is 12.3. The lowest BCUT2D eigenvalue weighted by atomic mass is 9.99. The second-order valence-electron chi connectivity index (χ2n) is 4.04. The van der Waals surface area contributed by atoms with Crippen LogP contribution in [0.1, 0.15) is 21.5 Å². The molecule has 86 valence electrons. The van der Waals surface area contributed by atoms with E-state index in [1.54, 1.807) is 12.1 Å². The van der Waals surface area contributed by atoms with Gasteiger partial charge in [0, 0.05) is 17.0 Å². The molecule has 0 saturated carbocycles. The van der Waals surface area contributed by atoms with Crippen LogP contribution in [0.3, 0.4) is 0 Å². The molecule has 2 aromatic carbocycles.